The van der Waals surface area contributed by atoms with Gasteiger partial charge in [0.15, 0.2) is 9.84 Å². The molecule has 0 saturated carbocycles. The third-order valence-corrected chi connectivity index (χ3v) is 6.35. The maximum atomic E-state index is 12.5. The molecule has 2 fully saturated rings. The van der Waals surface area contributed by atoms with Crippen LogP contribution in [0, 0.1) is 0 Å². The number of piperazine rings is 1. The Morgan fingerprint density at radius 2 is 2.12 bits per heavy atom. The number of nitrogens with zero attached hydrogens (tertiary/aromatic N) is 3. The number of fused-ring (bicyclic) bond motifs is 1. The van der Waals surface area contributed by atoms with Crippen LogP contribution in [0.15, 0.2) is 34.9 Å². The van der Waals surface area contributed by atoms with Crippen molar-refractivity contribution in [1.82, 2.24) is 25.7 Å². The highest BCUT2D eigenvalue weighted by atomic mass is 32.2. The van der Waals surface area contributed by atoms with E-state index in [0.717, 1.165) is 5.56 Å². The van der Waals surface area contributed by atoms with Crippen LogP contribution in [0.3, 0.4) is 0 Å². The number of amides is 2. The summed E-state index contributed by atoms with van der Waals surface area (Å²) >= 11 is 0. The van der Waals surface area contributed by atoms with Gasteiger partial charge in [-0.05, 0) is 0 Å². The smallest absolute Gasteiger partial charge is 0.318 e. The lowest BCUT2D eigenvalue weighted by Crippen LogP contribution is -2.60. The Labute approximate surface area is 150 Å². The first-order valence-electron chi connectivity index (χ1n) is 8.38. The molecule has 2 aliphatic rings. The molecule has 3 heterocycles. The molecule has 26 heavy (non-hydrogen) atoms. The molecule has 138 valence electrons. The van der Waals surface area contributed by atoms with Crippen molar-refractivity contribution in [3.63, 3.8) is 0 Å². The first-order valence-corrected chi connectivity index (χ1v) is 10.2. The second kappa shape index (κ2) is 6.69. The number of benzene rings is 1. The summed E-state index contributed by atoms with van der Waals surface area (Å²) in [6.07, 6.45) is 0. The summed E-state index contributed by atoms with van der Waals surface area (Å²) in [5, 5.41) is 9.83. The van der Waals surface area contributed by atoms with E-state index in [9.17, 15) is 13.2 Å². The zero-order chi connectivity index (χ0) is 18.1. The Hall–Kier alpha value is -2.46. The van der Waals surface area contributed by atoms with Crippen LogP contribution >= 0.6 is 0 Å². The Morgan fingerprint density at radius 1 is 1.31 bits per heavy atom. The van der Waals surface area contributed by atoms with Gasteiger partial charge in [0, 0.05) is 24.7 Å². The van der Waals surface area contributed by atoms with E-state index < -0.39 is 9.84 Å². The first-order chi connectivity index (χ1) is 12.5. The molecule has 9 nitrogen and oxygen atoms in total. The number of carbonyl (C=O) groups is 1. The molecule has 0 spiro atoms. The second-order valence-electron chi connectivity index (χ2n) is 6.43. The van der Waals surface area contributed by atoms with Crippen molar-refractivity contribution >= 4 is 15.9 Å². The number of hydrogen-bond acceptors (Lipinski definition) is 7. The quantitative estimate of drug-likeness (QED) is 0.774. The van der Waals surface area contributed by atoms with Crippen molar-refractivity contribution in [2.75, 3.05) is 24.6 Å². The third-order valence-electron chi connectivity index (χ3n) is 4.63. The minimum Gasteiger partial charge on any atom is -0.337 e. The van der Waals surface area contributed by atoms with E-state index in [0.29, 0.717) is 24.8 Å². The van der Waals surface area contributed by atoms with Gasteiger partial charge < -0.3 is 20.1 Å². The number of hydrogen-bond donors (Lipinski definition) is 2. The van der Waals surface area contributed by atoms with E-state index in [1.54, 1.807) is 4.90 Å². The summed E-state index contributed by atoms with van der Waals surface area (Å²) in [5.41, 5.74) is 0.829. The number of rotatable bonds is 3. The van der Waals surface area contributed by atoms with Gasteiger partial charge in [-0.25, -0.2) is 13.2 Å². The topological polar surface area (TPSA) is 117 Å². The highest BCUT2D eigenvalue weighted by Gasteiger charge is 2.44. The van der Waals surface area contributed by atoms with Gasteiger partial charge in [-0.1, -0.05) is 35.5 Å². The van der Waals surface area contributed by atoms with Crippen LogP contribution in [-0.4, -0.2) is 66.2 Å². The predicted molar refractivity (Wildman–Crippen MR) is 92.9 cm³/mol. The van der Waals surface area contributed by atoms with Crippen molar-refractivity contribution < 1.29 is 17.7 Å². The van der Waals surface area contributed by atoms with Gasteiger partial charge in [0.05, 0.1) is 24.1 Å². The van der Waals surface area contributed by atoms with Crippen molar-refractivity contribution in [3.05, 3.63) is 36.2 Å². The van der Waals surface area contributed by atoms with Crippen LogP contribution in [-0.2, 0) is 16.4 Å². The van der Waals surface area contributed by atoms with Crippen molar-refractivity contribution in [2.24, 2.45) is 0 Å². The minimum atomic E-state index is -3.11. The summed E-state index contributed by atoms with van der Waals surface area (Å²) in [6, 6.07) is 8.53. The lowest BCUT2D eigenvalue weighted by atomic mass is 10.1. The normalized spacial score (nSPS) is 24.2. The lowest BCUT2D eigenvalue weighted by molar-refractivity contribution is 0.150. The summed E-state index contributed by atoms with van der Waals surface area (Å²) < 4.78 is 28.9. The molecule has 2 atom stereocenters. The maximum Gasteiger partial charge on any atom is 0.318 e. The summed E-state index contributed by atoms with van der Waals surface area (Å²) in [6.45, 7) is 1.12. The van der Waals surface area contributed by atoms with Crippen molar-refractivity contribution in [2.45, 2.75) is 18.6 Å². The molecule has 2 saturated heterocycles. The molecule has 0 radical (unpaired) electrons. The van der Waals surface area contributed by atoms with Gasteiger partial charge in [0.2, 0.25) is 11.7 Å². The Balaban J connectivity index is 1.39. The van der Waals surface area contributed by atoms with Gasteiger partial charge in [0.1, 0.15) is 0 Å². The van der Waals surface area contributed by atoms with Crippen LogP contribution in [0.5, 0.6) is 0 Å². The molecule has 2 aromatic rings. The minimum absolute atomic E-state index is 0.00318. The van der Waals surface area contributed by atoms with E-state index in [1.165, 1.54) is 0 Å². The molecular formula is C16H19N5O4S. The molecule has 2 amide bonds. The van der Waals surface area contributed by atoms with Crippen molar-refractivity contribution in [3.8, 4) is 11.4 Å². The average Bonchev–Trinajstić information content (AvgIpc) is 3.22. The van der Waals surface area contributed by atoms with Crippen LogP contribution in [0.1, 0.15) is 5.89 Å². The standard InChI is InChI=1S/C16H19N5O4S/c22-16(21-7-6-17-12-9-26(23,24)10-13(12)21)18-8-14-19-15(20-25-14)11-4-2-1-3-5-11/h1-5,12-13,17H,6-10H2,(H,18,22)/t12-,13+/m0/s1. The number of sulfone groups is 1. The summed E-state index contributed by atoms with van der Waals surface area (Å²) in [7, 11) is -3.11. The zero-order valence-electron chi connectivity index (χ0n) is 14.0. The predicted octanol–water partition coefficient (Wildman–Crippen LogP) is 0.0170. The SMILES string of the molecule is O=C(NCc1nc(-c2ccccc2)no1)N1CCN[C@H]2CS(=O)(=O)C[C@H]21. The largest absolute Gasteiger partial charge is 0.337 e. The van der Waals surface area contributed by atoms with Gasteiger partial charge >= 0.3 is 6.03 Å². The maximum absolute atomic E-state index is 12.5. The van der Waals surface area contributed by atoms with E-state index in [2.05, 4.69) is 20.8 Å². The molecule has 0 unspecified atom stereocenters. The average molecular weight is 377 g/mol. The highest BCUT2D eigenvalue weighted by Crippen LogP contribution is 2.21. The van der Waals surface area contributed by atoms with Crippen LogP contribution in [0.4, 0.5) is 4.79 Å². The molecule has 0 bridgehead atoms. The molecule has 10 heteroatoms. The fourth-order valence-corrected chi connectivity index (χ4v) is 5.36. The van der Waals surface area contributed by atoms with Gasteiger partial charge in [-0.2, -0.15) is 4.98 Å². The number of aromatic nitrogens is 2. The molecule has 2 N–H and O–H groups in total. The van der Waals surface area contributed by atoms with E-state index >= 15 is 0 Å². The molecule has 1 aromatic heterocycles. The van der Waals surface area contributed by atoms with Gasteiger partial charge in [0.25, 0.3) is 0 Å². The Morgan fingerprint density at radius 3 is 2.92 bits per heavy atom. The van der Waals surface area contributed by atoms with Gasteiger partial charge in [-0.15, -0.1) is 0 Å². The number of urea groups is 1. The fraction of sp³-hybridized carbons (Fsp3) is 0.438. The highest BCUT2D eigenvalue weighted by molar-refractivity contribution is 7.91. The molecule has 0 aliphatic carbocycles. The Kier molecular flexibility index (Phi) is 4.37. The third kappa shape index (κ3) is 3.42. The summed E-state index contributed by atoms with van der Waals surface area (Å²) in [5.74, 6) is 0.824. The first kappa shape index (κ1) is 17.0. The van der Waals surface area contributed by atoms with E-state index in [4.69, 9.17) is 4.52 Å². The van der Waals surface area contributed by atoms with Crippen molar-refractivity contribution in [1.29, 1.82) is 0 Å². The fourth-order valence-electron chi connectivity index (χ4n) is 3.40. The van der Waals surface area contributed by atoms with Gasteiger partial charge in [-0.3, -0.25) is 0 Å². The van der Waals surface area contributed by atoms with Crippen LogP contribution in [0.2, 0.25) is 0 Å². The van der Waals surface area contributed by atoms with Crippen LogP contribution < -0.4 is 10.6 Å². The zero-order valence-corrected chi connectivity index (χ0v) is 14.8. The second-order valence-corrected chi connectivity index (χ2v) is 8.59. The molecule has 2 aliphatic heterocycles. The molecule has 4 rings (SSSR count). The summed E-state index contributed by atoms with van der Waals surface area (Å²) in [4.78, 5) is 18.4. The van der Waals surface area contributed by atoms with E-state index in [1.807, 2.05) is 30.3 Å². The van der Waals surface area contributed by atoms with Crippen LogP contribution in [0.25, 0.3) is 11.4 Å². The lowest BCUT2D eigenvalue weighted by Gasteiger charge is -2.37. The molecular weight excluding hydrogens is 358 g/mol. The number of nitrogens with one attached hydrogen (secondary N) is 2. The monoisotopic (exact) mass is 377 g/mol. The van der Waals surface area contributed by atoms with E-state index in [-0.39, 0.29) is 36.2 Å². The Bertz CT molecular complexity index is 898. The number of carbonyl (C=O) groups excluding carboxylic acids is 1. The molecule has 1 aromatic carbocycles.